The maximum Gasteiger partial charge on any atom is 0.260 e. The molecule has 120 valence electrons. The van der Waals surface area contributed by atoms with Gasteiger partial charge in [0.1, 0.15) is 5.56 Å². The Morgan fingerprint density at radius 1 is 1.13 bits per heavy atom. The highest BCUT2D eigenvalue weighted by atomic mass is 16.2. The number of aromatic nitrogens is 1. The number of rotatable bonds is 5. The normalized spacial score (nSPS) is 16.2. The number of nitrogens with one attached hydrogen (secondary N) is 2. The Bertz CT molecular complexity index is 705. The lowest BCUT2D eigenvalue weighted by molar-refractivity contribution is 0.0925. The Balaban J connectivity index is 1.79. The Morgan fingerprint density at radius 2 is 1.87 bits per heavy atom. The summed E-state index contributed by atoms with van der Waals surface area (Å²) in [6, 6.07) is 13.0. The molecule has 5 heteroatoms. The number of H-pyrrole nitrogens is 1. The van der Waals surface area contributed by atoms with Gasteiger partial charge in [-0.1, -0.05) is 30.3 Å². The monoisotopic (exact) mass is 311 g/mol. The molecule has 0 spiro atoms. The van der Waals surface area contributed by atoms with E-state index in [1.165, 1.54) is 19.0 Å². The van der Waals surface area contributed by atoms with Crippen molar-refractivity contribution in [2.45, 2.75) is 18.9 Å². The van der Waals surface area contributed by atoms with Gasteiger partial charge in [0.2, 0.25) is 0 Å². The van der Waals surface area contributed by atoms with Crippen LogP contribution in [0.1, 0.15) is 34.8 Å². The molecule has 1 aliphatic rings. The molecule has 1 saturated heterocycles. The van der Waals surface area contributed by atoms with E-state index in [1.807, 2.05) is 30.3 Å². The number of benzene rings is 1. The summed E-state index contributed by atoms with van der Waals surface area (Å²) in [4.78, 5) is 29.2. The molecule has 0 aliphatic carbocycles. The van der Waals surface area contributed by atoms with Gasteiger partial charge in [-0.3, -0.25) is 9.59 Å². The lowest BCUT2D eigenvalue weighted by atomic mass is 10.1. The third-order valence-electron chi connectivity index (χ3n) is 4.21. The molecule has 2 heterocycles. The molecule has 5 nitrogen and oxygen atoms in total. The molecule has 0 bridgehead atoms. The van der Waals surface area contributed by atoms with E-state index in [1.54, 1.807) is 12.1 Å². The second-order valence-corrected chi connectivity index (χ2v) is 5.86. The summed E-state index contributed by atoms with van der Waals surface area (Å²) in [5.41, 5.74) is 0.841. The van der Waals surface area contributed by atoms with E-state index < -0.39 is 0 Å². The van der Waals surface area contributed by atoms with Gasteiger partial charge in [-0.25, -0.2) is 0 Å². The molecule has 2 aromatic rings. The second kappa shape index (κ2) is 7.24. The number of amides is 1. The zero-order valence-electron chi connectivity index (χ0n) is 13.0. The van der Waals surface area contributed by atoms with Crippen molar-refractivity contribution in [3.8, 4) is 0 Å². The zero-order chi connectivity index (χ0) is 16.1. The predicted molar refractivity (Wildman–Crippen MR) is 89.4 cm³/mol. The summed E-state index contributed by atoms with van der Waals surface area (Å²) in [6.45, 7) is 2.89. The summed E-state index contributed by atoms with van der Waals surface area (Å²) < 4.78 is 0. The average molecular weight is 311 g/mol. The van der Waals surface area contributed by atoms with Gasteiger partial charge in [-0.2, -0.15) is 0 Å². The van der Waals surface area contributed by atoms with Gasteiger partial charge in [-0.15, -0.1) is 0 Å². The molecule has 1 atom stereocenters. The standard InChI is InChI=1S/C18H21N3O2/c22-17-15(9-6-10-19-17)18(23)20-16(13-21-11-4-5-12-21)14-7-2-1-3-8-14/h1-3,6-10,16H,4-5,11-13H2,(H,19,22)(H,20,23). The lowest BCUT2D eigenvalue weighted by Gasteiger charge is -2.24. The van der Waals surface area contributed by atoms with E-state index in [2.05, 4.69) is 15.2 Å². The quantitative estimate of drug-likeness (QED) is 0.887. The first-order valence-corrected chi connectivity index (χ1v) is 8.00. The van der Waals surface area contributed by atoms with Crippen molar-refractivity contribution in [3.63, 3.8) is 0 Å². The first kappa shape index (κ1) is 15.5. The van der Waals surface area contributed by atoms with E-state index in [-0.39, 0.29) is 23.1 Å². The minimum Gasteiger partial charge on any atom is -0.344 e. The number of hydrogen-bond donors (Lipinski definition) is 2. The van der Waals surface area contributed by atoms with Crippen LogP contribution >= 0.6 is 0 Å². The molecule has 0 radical (unpaired) electrons. The molecule has 1 fully saturated rings. The number of aromatic amines is 1. The Hall–Kier alpha value is -2.40. The van der Waals surface area contributed by atoms with Crippen molar-refractivity contribution in [1.82, 2.24) is 15.2 Å². The van der Waals surface area contributed by atoms with Crippen LogP contribution in [0, 0.1) is 0 Å². The Labute approximate surface area is 135 Å². The van der Waals surface area contributed by atoms with Crippen LogP contribution in [0.2, 0.25) is 0 Å². The zero-order valence-corrected chi connectivity index (χ0v) is 13.0. The molecule has 0 saturated carbocycles. The molecule has 1 aromatic heterocycles. The van der Waals surface area contributed by atoms with Crippen LogP contribution in [0.3, 0.4) is 0 Å². The van der Waals surface area contributed by atoms with Crippen LogP contribution in [0.25, 0.3) is 0 Å². The smallest absolute Gasteiger partial charge is 0.260 e. The summed E-state index contributed by atoms with van der Waals surface area (Å²) in [7, 11) is 0. The first-order valence-electron chi connectivity index (χ1n) is 8.00. The van der Waals surface area contributed by atoms with Crippen LogP contribution in [0.15, 0.2) is 53.5 Å². The van der Waals surface area contributed by atoms with E-state index in [0.29, 0.717) is 0 Å². The fourth-order valence-corrected chi connectivity index (χ4v) is 2.98. The Kier molecular flexibility index (Phi) is 4.88. The van der Waals surface area contributed by atoms with E-state index in [9.17, 15) is 9.59 Å². The van der Waals surface area contributed by atoms with Crippen LogP contribution in [-0.2, 0) is 0 Å². The van der Waals surface area contributed by atoms with Gasteiger partial charge in [0.25, 0.3) is 11.5 Å². The SMILES string of the molecule is O=C(NC(CN1CCCC1)c1ccccc1)c1ccc[nH]c1=O. The molecular formula is C18H21N3O2. The molecule has 1 amide bonds. The number of nitrogens with zero attached hydrogens (tertiary/aromatic N) is 1. The molecular weight excluding hydrogens is 290 g/mol. The maximum atomic E-state index is 12.5. The van der Waals surface area contributed by atoms with Crippen LogP contribution in [0.4, 0.5) is 0 Å². The van der Waals surface area contributed by atoms with Gasteiger partial charge in [0, 0.05) is 12.7 Å². The predicted octanol–water partition coefficient (Wildman–Crippen LogP) is 1.94. The fraction of sp³-hybridized carbons (Fsp3) is 0.333. The molecule has 1 aromatic carbocycles. The molecule has 1 unspecified atom stereocenters. The molecule has 1 aliphatic heterocycles. The largest absolute Gasteiger partial charge is 0.344 e. The third kappa shape index (κ3) is 3.87. The summed E-state index contributed by atoms with van der Waals surface area (Å²) >= 11 is 0. The van der Waals surface area contributed by atoms with Crippen molar-refractivity contribution >= 4 is 5.91 Å². The Morgan fingerprint density at radius 3 is 2.57 bits per heavy atom. The van der Waals surface area contributed by atoms with Gasteiger partial charge in [0.15, 0.2) is 0 Å². The van der Waals surface area contributed by atoms with Gasteiger partial charge in [-0.05, 0) is 43.6 Å². The van der Waals surface area contributed by atoms with Crippen molar-refractivity contribution < 1.29 is 4.79 Å². The van der Waals surface area contributed by atoms with E-state index >= 15 is 0 Å². The number of likely N-dealkylation sites (tertiary alicyclic amines) is 1. The number of carbonyl (C=O) groups is 1. The summed E-state index contributed by atoms with van der Waals surface area (Å²) in [5, 5.41) is 3.02. The van der Waals surface area contributed by atoms with Gasteiger partial charge < -0.3 is 15.2 Å². The molecule has 3 rings (SSSR count). The van der Waals surface area contributed by atoms with Crippen molar-refractivity contribution in [3.05, 3.63) is 70.1 Å². The highest BCUT2D eigenvalue weighted by molar-refractivity contribution is 5.94. The number of pyridine rings is 1. The van der Waals surface area contributed by atoms with Gasteiger partial charge in [0.05, 0.1) is 6.04 Å². The van der Waals surface area contributed by atoms with Gasteiger partial charge >= 0.3 is 0 Å². The highest BCUT2D eigenvalue weighted by Crippen LogP contribution is 2.18. The maximum absolute atomic E-state index is 12.5. The highest BCUT2D eigenvalue weighted by Gasteiger charge is 2.22. The fourth-order valence-electron chi connectivity index (χ4n) is 2.98. The van der Waals surface area contributed by atoms with Crippen molar-refractivity contribution in [2.75, 3.05) is 19.6 Å². The third-order valence-corrected chi connectivity index (χ3v) is 4.21. The van der Waals surface area contributed by atoms with Crippen molar-refractivity contribution in [2.24, 2.45) is 0 Å². The summed E-state index contributed by atoms with van der Waals surface area (Å²) in [5.74, 6) is -0.333. The molecule has 23 heavy (non-hydrogen) atoms. The van der Waals surface area contributed by atoms with Crippen molar-refractivity contribution in [1.29, 1.82) is 0 Å². The second-order valence-electron chi connectivity index (χ2n) is 5.86. The summed E-state index contributed by atoms with van der Waals surface area (Å²) in [6.07, 6.45) is 3.93. The number of carbonyl (C=O) groups excluding carboxylic acids is 1. The minimum atomic E-state index is -0.363. The average Bonchev–Trinajstić information content (AvgIpc) is 3.08. The number of hydrogen-bond acceptors (Lipinski definition) is 3. The topological polar surface area (TPSA) is 65.2 Å². The van der Waals surface area contributed by atoms with E-state index in [0.717, 1.165) is 25.2 Å². The lowest BCUT2D eigenvalue weighted by Crippen LogP contribution is -2.38. The van der Waals surface area contributed by atoms with Crippen LogP contribution < -0.4 is 10.9 Å². The van der Waals surface area contributed by atoms with Crippen LogP contribution in [-0.4, -0.2) is 35.4 Å². The first-order chi connectivity index (χ1) is 11.2. The minimum absolute atomic E-state index is 0.124. The van der Waals surface area contributed by atoms with Crippen LogP contribution in [0.5, 0.6) is 0 Å². The van der Waals surface area contributed by atoms with E-state index in [4.69, 9.17) is 0 Å². The molecule has 2 N–H and O–H groups in total.